The van der Waals surface area contributed by atoms with Crippen LogP contribution in [-0.2, 0) is 20.8 Å². The van der Waals surface area contributed by atoms with Crippen molar-refractivity contribution in [3.8, 4) is 11.5 Å². The SMILES string of the molecule is Cc1cc(Cl)c(OCCOc2ccc(C3=C(C(=O)N(CCc4ccccc4C)C4CC4)[C@H]4CN(C(=O)CCCC(N)=O)C[C@@H](C3)N4)cc2)cc1C. The number of nitrogens with one attached hydrogen (secondary N) is 1. The maximum Gasteiger partial charge on any atom is 0.252 e. The van der Waals surface area contributed by atoms with Crippen LogP contribution >= 0.6 is 11.6 Å². The van der Waals surface area contributed by atoms with Crippen molar-refractivity contribution < 1.29 is 23.9 Å². The Morgan fingerprint density at radius 3 is 2.37 bits per heavy atom. The Balaban J connectivity index is 1.20. The third-order valence-corrected chi connectivity index (χ3v) is 10.6. The third-order valence-electron chi connectivity index (χ3n) is 10.3. The average molecular weight is 713 g/mol. The second kappa shape index (κ2) is 16.3. The van der Waals surface area contributed by atoms with E-state index >= 15 is 0 Å². The van der Waals surface area contributed by atoms with Gasteiger partial charge in [-0.3, -0.25) is 14.4 Å². The fourth-order valence-electron chi connectivity index (χ4n) is 7.19. The van der Waals surface area contributed by atoms with Crippen LogP contribution in [0.25, 0.3) is 5.57 Å². The van der Waals surface area contributed by atoms with Crippen molar-refractivity contribution in [1.29, 1.82) is 0 Å². The average Bonchev–Trinajstić information content (AvgIpc) is 3.95. The van der Waals surface area contributed by atoms with E-state index in [2.05, 4.69) is 35.3 Å². The van der Waals surface area contributed by atoms with Crippen LogP contribution in [0, 0.1) is 20.8 Å². The molecule has 2 atom stereocenters. The van der Waals surface area contributed by atoms with Gasteiger partial charge in [-0.05, 0) is 111 Å². The summed E-state index contributed by atoms with van der Waals surface area (Å²) in [5.41, 5.74) is 12.8. The molecule has 2 fully saturated rings. The quantitative estimate of drug-likeness (QED) is 0.189. The minimum Gasteiger partial charge on any atom is -0.490 e. The zero-order valence-corrected chi connectivity index (χ0v) is 30.6. The summed E-state index contributed by atoms with van der Waals surface area (Å²) in [7, 11) is 0. The smallest absolute Gasteiger partial charge is 0.252 e. The van der Waals surface area contributed by atoms with E-state index in [1.807, 2.05) is 61.2 Å². The van der Waals surface area contributed by atoms with Gasteiger partial charge in [0.05, 0.1) is 11.1 Å². The van der Waals surface area contributed by atoms with Crippen LogP contribution in [0.4, 0.5) is 0 Å². The summed E-state index contributed by atoms with van der Waals surface area (Å²) in [5.74, 6) is 0.985. The number of carbonyl (C=O) groups is 3. The minimum absolute atomic E-state index is 0.00189. The first-order valence-corrected chi connectivity index (χ1v) is 18.5. The van der Waals surface area contributed by atoms with Gasteiger partial charge in [0.2, 0.25) is 11.8 Å². The fraction of sp³-hybridized carbons (Fsp3) is 0.439. The second-order valence-corrected chi connectivity index (χ2v) is 14.5. The van der Waals surface area contributed by atoms with Crippen LogP contribution in [0.2, 0.25) is 5.02 Å². The van der Waals surface area contributed by atoms with Gasteiger partial charge in [-0.15, -0.1) is 0 Å². The van der Waals surface area contributed by atoms with E-state index in [1.165, 1.54) is 11.1 Å². The normalized spacial score (nSPS) is 18.4. The molecule has 51 heavy (non-hydrogen) atoms. The first-order chi connectivity index (χ1) is 24.6. The molecule has 3 N–H and O–H groups in total. The molecule has 1 saturated carbocycles. The first-order valence-electron chi connectivity index (χ1n) is 18.1. The van der Waals surface area contributed by atoms with Crippen LogP contribution in [0.15, 0.2) is 66.2 Å². The highest BCUT2D eigenvalue weighted by Crippen LogP contribution is 2.37. The summed E-state index contributed by atoms with van der Waals surface area (Å²) in [5, 5.41) is 4.27. The minimum atomic E-state index is -0.404. The van der Waals surface area contributed by atoms with Crippen LogP contribution in [-0.4, -0.2) is 78.5 Å². The zero-order valence-electron chi connectivity index (χ0n) is 29.9. The van der Waals surface area contributed by atoms with Gasteiger partial charge in [-0.1, -0.05) is 48.0 Å². The van der Waals surface area contributed by atoms with Crippen molar-refractivity contribution in [3.63, 3.8) is 0 Å². The molecule has 1 saturated heterocycles. The monoisotopic (exact) mass is 712 g/mol. The molecule has 1 aliphatic carbocycles. The third kappa shape index (κ3) is 9.13. The second-order valence-electron chi connectivity index (χ2n) is 14.1. The maximum atomic E-state index is 14.7. The number of fused-ring (bicyclic) bond motifs is 2. The summed E-state index contributed by atoms with van der Waals surface area (Å²) < 4.78 is 11.9. The van der Waals surface area contributed by atoms with E-state index < -0.39 is 5.91 Å². The van der Waals surface area contributed by atoms with Gasteiger partial charge in [0.25, 0.3) is 5.91 Å². The van der Waals surface area contributed by atoms with Gasteiger partial charge >= 0.3 is 0 Å². The van der Waals surface area contributed by atoms with E-state index in [1.54, 1.807) is 0 Å². The lowest BCUT2D eigenvalue weighted by Crippen LogP contribution is -2.62. The summed E-state index contributed by atoms with van der Waals surface area (Å²) in [6, 6.07) is 20.1. The predicted molar refractivity (Wildman–Crippen MR) is 200 cm³/mol. The Labute approximate surface area is 306 Å². The van der Waals surface area contributed by atoms with Crippen molar-refractivity contribution in [3.05, 3.63) is 99.1 Å². The molecule has 9 nitrogen and oxygen atoms in total. The number of amides is 3. The molecule has 3 aliphatic rings. The van der Waals surface area contributed by atoms with E-state index in [4.69, 9.17) is 26.8 Å². The number of nitrogens with zero attached hydrogens (tertiary/aromatic N) is 2. The largest absolute Gasteiger partial charge is 0.490 e. The number of halogens is 1. The van der Waals surface area contributed by atoms with E-state index in [0.717, 1.165) is 47.1 Å². The van der Waals surface area contributed by atoms with Crippen molar-refractivity contribution in [2.24, 2.45) is 5.73 Å². The number of hydrogen-bond acceptors (Lipinski definition) is 6. The van der Waals surface area contributed by atoms with E-state index in [-0.39, 0.29) is 42.8 Å². The van der Waals surface area contributed by atoms with Crippen LogP contribution in [0.5, 0.6) is 11.5 Å². The molecule has 10 heteroatoms. The molecular weight excluding hydrogens is 664 g/mol. The molecule has 2 heterocycles. The predicted octanol–water partition coefficient (Wildman–Crippen LogP) is 5.94. The number of rotatable bonds is 15. The molecule has 3 amide bonds. The maximum absolute atomic E-state index is 14.7. The Morgan fingerprint density at radius 1 is 0.922 bits per heavy atom. The van der Waals surface area contributed by atoms with Crippen molar-refractivity contribution in [2.75, 3.05) is 32.8 Å². The van der Waals surface area contributed by atoms with Crippen LogP contribution in [0.1, 0.15) is 66.3 Å². The van der Waals surface area contributed by atoms with Crippen LogP contribution < -0.4 is 20.5 Å². The molecular formula is C41H49ClN4O5. The molecule has 0 radical (unpaired) electrons. The highest BCUT2D eigenvalue weighted by atomic mass is 35.5. The Bertz CT molecular complexity index is 1790. The summed E-state index contributed by atoms with van der Waals surface area (Å²) in [6.45, 7) is 8.44. The van der Waals surface area contributed by atoms with Crippen LogP contribution in [0.3, 0.4) is 0 Å². The first kappa shape index (κ1) is 36.5. The number of nitrogens with two attached hydrogens (primary N) is 1. The summed E-state index contributed by atoms with van der Waals surface area (Å²) in [6.07, 6.45) is 4.27. The topological polar surface area (TPSA) is 114 Å². The molecule has 3 aromatic carbocycles. The number of aryl methyl sites for hydroxylation is 3. The number of ether oxygens (including phenoxy) is 2. The van der Waals surface area contributed by atoms with Gasteiger partial charge in [-0.2, -0.15) is 0 Å². The zero-order chi connectivity index (χ0) is 36.1. The van der Waals surface area contributed by atoms with Gasteiger partial charge in [0, 0.05) is 50.1 Å². The van der Waals surface area contributed by atoms with Gasteiger partial charge in [0.1, 0.15) is 24.7 Å². The Kier molecular flexibility index (Phi) is 11.7. The molecule has 0 spiro atoms. The summed E-state index contributed by atoms with van der Waals surface area (Å²) >= 11 is 6.37. The molecule has 0 aromatic heterocycles. The van der Waals surface area contributed by atoms with Crippen molar-refractivity contribution >= 4 is 34.9 Å². The number of hydrogen-bond donors (Lipinski definition) is 2. The van der Waals surface area contributed by atoms with E-state index in [9.17, 15) is 14.4 Å². The molecule has 270 valence electrons. The summed E-state index contributed by atoms with van der Waals surface area (Å²) in [4.78, 5) is 43.2. The number of primary amides is 1. The Morgan fingerprint density at radius 2 is 1.65 bits per heavy atom. The standard InChI is InChI=1S/C41H49ClN4O5/c1-26-7-4-5-8-29(26)17-18-46(32-13-14-32)41(49)40-34(23-31-24-45(25-36(40)44-31)39(48)10-6-9-38(43)47)30-11-15-33(16-12-30)50-19-20-51-37-22-28(3)27(2)21-35(37)42/h4-5,7-8,11-12,15-16,21-22,31-32,36,44H,6,9-10,13-14,17-20,23-25H2,1-3H3,(H2,43,47)/t31-,36-/m1/s1. The number of carbonyl (C=O) groups excluding carboxylic acids is 3. The fourth-order valence-corrected chi connectivity index (χ4v) is 7.47. The Hall–Kier alpha value is -4.34. The van der Waals surface area contributed by atoms with Crippen molar-refractivity contribution in [1.82, 2.24) is 15.1 Å². The lowest BCUT2D eigenvalue weighted by atomic mass is 9.82. The van der Waals surface area contributed by atoms with E-state index in [0.29, 0.717) is 62.2 Å². The molecule has 6 rings (SSSR count). The lowest BCUT2D eigenvalue weighted by Gasteiger charge is -2.45. The highest BCUT2D eigenvalue weighted by Gasteiger charge is 2.43. The number of piperazine rings is 1. The molecule has 2 bridgehead atoms. The molecule has 3 aromatic rings. The van der Waals surface area contributed by atoms with Gasteiger partial charge in [-0.25, -0.2) is 0 Å². The van der Waals surface area contributed by atoms with Gasteiger partial charge in [0.15, 0.2) is 0 Å². The van der Waals surface area contributed by atoms with Crippen molar-refractivity contribution in [2.45, 2.75) is 83.8 Å². The number of benzene rings is 3. The molecule has 0 unspecified atom stereocenters. The molecule has 2 aliphatic heterocycles. The lowest BCUT2D eigenvalue weighted by molar-refractivity contribution is -0.134. The van der Waals surface area contributed by atoms with Gasteiger partial charge < -0.3 is 30.3 Å². The highest BCUT2D eigenvalue weighted by molar-refractivity contribution is 6.32.